The first-order valence-corrected chi connectivity index (χ1v) is 7.61. The third-order valence-corrected chi connectivity index (χ3v) is 3.65. The van der Waals surface area contributed by atoms with Gasteiger partial charge < -0.3 is 14.6 Å². The zero-order valence-electron chi connectivity index (χ0n) is 13.0. The molecule has 0 aliphatic carbocycles. The minimum Gasteiger partial charge on any atom is -0.497 e. The molecule has 3 nitrogen and oxygen atoms in total. The number of hydrogen-bond donors (Lipinski definition) is 1. The minimum absolute atomic E-state index is 0.343. The van der Waals surface area contributed by atoms with E-state index in [-0.39, 0.29) is 0 Å². The number of rotatable bonds is 10. The molecule has 0 aliphatic rings. The van der Waals surface area contributed by atoms with E-state index in [4.69, 9.17) is 9.47 Å². The number of aliphatic hydroxyl groups is 1. The highest BCUT2D eigenvalue weighted by molar-refractivity contribution is 5.29. The van der Waals surface area contributed by atoms with Crippen LogP contribution >= 0.6 is 0 Å². The number of benzene rings is 1. The molecule has 20 heavy (non-hydrogen) atoms. The van der Waals surface area contributed by atoms with Gasteiger partial charge in [-0.25, -0.2) is 0 Å². The Balaban J connectivity index is 2.36. The molecule has 0 aliphatic heterocycles. The predicted octanol–water partition coefficient (Wildman–Crippen LogP) is 3.96. The van der Waals surface area contributed by atoms with E-state index in [9.17, 15) is 5.11 Å². The summed E-state index contributed by atoms with van der Waals surface area (Å²) in [5.74, 6) is 1.36. The highest BCUT2D eigenvalue weighted by Crippen LogP contribution is 2.20. The molecular weight excluding hydrogens is 252 g/mol. The van der Waals surface area contributed by atoms with Gasteiger partial charge in [-0.3, -0.25) is 0 Å². The maximum atomic E-state index is 10.1. The lowest BCUT2D eigenvalue weighted by atomic mass is 10.0. The van der Waals surface area contributed by atoms with Crippen LogP contribution in [-0.2, 0) is 4.74 Å². The fourth-order valence-electron chi connectivity index (χ4n) is 2.19. The quantitative estimate of drug-likeness (QED) is 0.705. The average molecular weight is 280 g/mol. The summed E-state index contributed by atoms with van der Waals surface area (Å²) < 4.78 is 10.8. The van der Waals surface area contributed by atoms with Gasteiger partial charge in [0.05, 0.1) is 13.7 Å². The van der Waals surface area contributed by atoms with Gasteiger partial charge in [-0.1, -0.05) is 45.2 Å². The molecule has 1 aromatic carbocycles. The lowest BCUT2D eigenvalue weighted by molar-refractivity contribution is 0.0180. The number of ether oxygens (including phenoxy) is 2. The monoisotopic (exact) mass is 280 g/mol. The van der Waals surface area contributed by atoms with Gasteiger partial charge in [0.2, 0.25) is 0 Å². The number of hydrogen-bond acceptors (Lipinski definition) is 3. The van der Waals surface area contributed by atoms with E-state index in [0.29, 0.717) is 12.5 Å². The lowest BCUT2D eigenvalue weighted by Crippen LogP contribution is -2.14. The summed E-state index contributed by atoms with van der Waals surface area (Å²) in [4.78, 5) is 0. The summed E-state index contributed by atoms with van der Waals surface area (Å²) in [7, 11) is 1.63. The Morgan fingerprint density at radius 2 is 2.00 bits per heavy atom. The van der Waals surface area contributed by atoms with Crippen LogP contribution in [0.2, 0.25) is 0 Å². The molecule has 1 aromatic rings. The van der Waals surface area contributed by atoms with E-state index < -0.39 is 6.10 Å². The van der Waals surface area contributed by atoms with Crippen molar-refractivity contribution in [2.45, 2.75) is 45.6 Å². The van der Waals surface area contributed by atoms with Crippen molar-refractivity contribution in [1.82, 2.24) is 0 Å². The van der Waals surface area contributed by atoms with Gasteiger partial charge >= 0.3 is 0 Å². The number of aliphatic hydroxyl groups excluding tert-OH is 1. The molecule has 1 rings (SSSR count). The average Bonchev–Trinajstić information content (AvgIpc) is 2.50. The van der Waals surface area contributed by atoms with Crippen LogP contribution in [0.15, 0.2) is 24.3 Å². The summed E-state index contributed by atoms with van der Waals surface area (Å²) in [6, 6.07) is 7.50. The molecule has 2 unspecified atom stereocenters. The van der Waals surface area contributed by atoms with E-state index >= 15 is 0 Å². The number of methoxy groups -OCH3 is 1. The van der Waals surface area contributed by atoms with Crippen LogP contribution in [0.5, 0.6) is 5.75 Å². The first-order chi connectivity index (χ1) is 9.71. The molecule has 0 saturated heterocycles. The Kier molecular flexibility index (Phi) is 8.31. The number of unbranched alkanes of at least 4 members (excludes halogenated alkanes) is 1. The molecule has 0 spiro atoms. The van der Waals surface area contributed by atoms with Crippen LogP contribution < -0.4 is 4.74 Å². The summed E-state index contributed by atoms with van der Waals surface area (Å²) in [5, 5.41) is 10.1. The van der Waals surface area contributed by atoms with E-state index in [1.54, 1.807) is 7.11 Å². The van der Waals surface area contributed by atoms with Gasteiger partial charge in [-0.05, 0) is 30.0 Å². The molecule has 0 amide bonds. The lowest BCUT2D eigenvalue weighted by Gasteiger charge is -2.17. The summed E-state index contributed by atoms with van der Waals surface area (Å²) in [6.45, 7) is 5.48. The van der Waals surface area contributed by atoms with Gasteiger partial charge in [-0.15, -0.1) is 0 Å². The second kappa shape index (κ2) is 9.78. The molecule has 0 heterocycles. The van der Waals surface area contributed by atoms with Crippen molar-refractivity contribution in [2.75, 3.05) is 20.3 Å². The van der Waals surface area contributed by atoms with E-state index in [1.165, 1.54) is 19.3 Å². The summed E-state index contributed by atoms with van der Waals surface area (Å²) >= 11 is 0. The third kappa shape index (κ3) is 5.93. The maximum Gasteiger partial charge on any atom is 0.119 e. The van der Waals surface area contributed by atoms with Gasteiger partial charge in [0, 0.05) is 6.61 Å². The van der Waals surface area contributed by atoms with Crippen molar-refractivity contribution >= 4 is 0 Å². The fraction of sp³-hybridized carbons (Fsp3) is 0.647. The largest absolute Gasteiger partial charge is 0.497 e. The zero-order chi connectivity index (χ0) is 14.8. The second-order valence-corrected chi connectivity index (χ2v) is 5.25. The second-order valence-electron chi connectivity index (χ2n) is 5.25. The van der Waals surface area contributed by atoms with Crippen molar-refractivity contribution in [3.63, 3.8) is 0 Å². The van der Waals surface area contributed by atoms with Crippen molar-refractivity contribution in [2.24, 2.45) is 5.92 Å². The van der Waals surface area contributed by atoms with Crippen molar-refractivity contribution in [3.05, 3.63) is 29.8 Å². The van der Waals surface area contributed by atoms with Crippen LogP contribution in [0.4, 0.5) is 0 Å². The molecule has 1 N–H and O–H groups in total. The summed E-state index contributed by atoms with van der Waals surface area (Å²) in [6.07, 6.45) is 4.23. The highest BCUT2D eigenvalue weighted by Gasteiger charge is 2.11. The van der Waals surface area contributed by atoms with Gasteiger partial charge in [0.25, 0.3) is 0 Å². The van der Waals surface area contributed by atoms with Crippen LogP contribution in [0.3, 0.4) is 0 Å². The zero-order valence-corrected chi connectivity index (χ0v) is 13.0. The van der Waals surface area contributed by atoms with Crippen LogP contribution in [0.25, 0.3) is 0 Å². The molecule has 114 valence electrons. The van der Waals surface area contributed by atoms with Crippen molar-refractivity contribution in [1.29, 1.82) is 0 Å². The van der Waals surface area contributed by atoms with Crippen molar-refractivity contribution in [3.8, 4) is 5.75 Å². The molecule has 0 fully saturated rings. The van der Waals surface area contributed by atoms with Crippen LogP contribution in [-0.4, -0.2) is 25.4 Å². The fourth-order valence-corrected chi connectivity index (χ4v) is 2.19. The smallest absolute Gasteiger partial charge is 0.119 e. The molecule has 2 atom stereocenters. The Labute approximate surface area is 122 Å². The first kappa shape index (κ1) is 17.0. The minimum atomic E-state index is -0.589. The van der Waals surface area contributed by atoms with Crippen molar-refractivity contribution < 1.29 is 14.6 Å². The highest BCUT2D eigenvalue weighted by atomic mass is 16.5. The van der Waals surface area contributed by atoms with Gasteiger partial charge in [0.15, 0.2) is 0 Å². The molecule has 0 radical (unpaired) electrons. The molecular formula is C17H28O3. The first-order valence-electron chi connectivity index (χ1n) is 7.61. The van der Waals surface area contributed by atoms with E-state index in [0.717, 1.165) is 24.3 Å². The van der Waals surface area contributed by atoms with Crippen LogP contribution in [0.1, 0.15) is 51.2 Å². The van der Waals surface area contributed by atoms with E-state index in [2.05, 4.69) is 13.8 Å². The SMILES string of the molecule is CCCCC(CC)COCC(O)c1cccc(OC)c1. The normalized spacial score (nSPS) is 14.0. The predicted molar refractivity (Wildman–Crippen MR) is 82.1 cm³/mol. The maximum absolute atomic E-state index is 10.1. The Morgan fingerprint density at radius 1 is 1.20 bits per heavy atom. The third-order valence-electron chi connectivity index (χ3n) is 3.65. The molecule has 0 bridgehead atoms. The molecule has 0 aromatic heterocycles. The Bertz CT molecular complexity index is 365. The van der Waals surface area contributed by atoms with Gasteiger partial charge in [-0.2, -0.15) is 0 Å². The molecule has 3 heteroatoms. The standard InChI is InChI=1S/C17H28O3/c1-4-6-8-14(5-2)12-20-13-17(18)15-9-7-10-16(11-15)19-3/h7,9-11,14,17-18H,4-6,8,12-13H2,1-3H3. The van der Waals surface area contributed by atoms with E-state index in [1.807, 2.05) is 24.3 Å². The van der Waals surface area contributed by atoms with Gasteiger partial charge in [0.1, 0.15) is 11.9 Å². The summed E-state index contributed by atoms with van der Waals surface area (Å²) in [5.41, 5.74) is 0.839. The van der Waals surface area contributed by atoms with Crippen LogP contribution in [0, 0.1) is 5.92 Å². The molecule has 0 saturated carbocycles. The Morgan fingerprint density at radius 3 is 2.65 bits per heavy atom. The Hall–Kier alpha value is -1.06. The topological polar surface area (TPSA) is 38.7 Å².